The molecule has 1 heterocycles. The van der Waals surface area contributed by atoms with Crippen molar-refractivity contribution in [1.82, 2.24) is 4.90 Å². The van der Waals surface area contributed by atoms with E-state index in [1.807, 2.05) is 7.05 Å². The molecule has 0 radical (unpaired) electrons. The molecule has 1 atom stereocenters. The minimum atomic E-state index is -1.06. The van der Waals surface area contributed by atoms with Crippen LogP contribution < -0.4 is 14.4 Å². The van der Waals surface area contributed by atoms with E-state index in [0.29, 0.717) is 34.9 Å². The first kappa shape index (κ1) is 19.9. The highest BCUT2D eigenvalue weighted by Crippen LogP contribution is 2.37. The van der Waals surface area contributed by atoms with Crippen LogP contribution in [-0.4, -0.2) is 56.5 Å². The Balaban J connectivity index is 2.05. The Bertz CT molecular complexity index is 858. The molecular formula is C21H25FN2O4. The Morgan fingerprint density at radius 1 is 1.21 bits per heavy atom. The fourth-order valence-corrected chi connectivity index (χ4v) is 3.68. The lowest BCUT2D eigenvalue weighted by atomic mass is 10.0. The minimum Gasteiger partial charge on any atom is -0.493 e. The first-order valence-corrected chi connectivity index (χ1v) is 9.17. The number of carbonyl (C=O) groups is 1. The molecule has 6 nitrogen and oxygen atoms in total. The molecule has 1 N–H and O–H groups in total. The third-order valence-corrected chi connectivity index (χ3v) is 5.24. The van der Waals surface area contributed by atoms with Crippen LogP contribution in [0.2, 0.25) is 0 Å². The number of rotatable bonds is 6. The number of hydrogen-bond donors (Lipinski definition) is 1. The van der Waals surface area contributed by atoms with E-state index in [1.54, 1.807) is 18.2 Å². The number of benzene rings is 2. The highest BCUT2D eigenvalue weighted by Gasteiger charge is 2.28. The number of carboxylic acid groups (broad SMARTS) is 1. The maximum absolute atomic E-state index is 14.1. The van der Waals surface area contributed by atoms with Crippen molar-refractivity contribution in [2.75, 3.05) is 39.3 Å². The third kappa shape index (κ3) is 4.04. The highest BCUT2D eigenvalue weighted by molar-refractivity contribution is 5.93. The molecule has 2 aromatic carbocycles. The summed E-state index contributed by atoms with van der Waals surface area (Å²) in [5.74, 6) is 0.608. The number of methoxy groups -OCH3 is 2. The second-order valence-corrected chi connectivity index (χ2v) is 6.90. The number of anilines is 1. The van der Waals surface area contributed by atoms with Crippen LogP contribution in [0, 0.1) is 5.82 Å². The number of nitrogens with zero attached hydrogens (tertiary/aromatic N) is 2. The Hall–Kier alpha value is -2.80. The summed E-state index contributed by atoms with van der Waals surface area (Å²) in [7, 11) is 5.06. The first-order valence-electron chi connectivity index (χ1n) is 9.17. The first-order chi connectivity index (χ1) is 13.4. The lowest BCUT2D eigenvalue weighted by Gasteiger charge is -2.28. The van der Waals surface area contributed by atoms with E-state index < -0.39 is 11.9 Å². The average molecular weight is 388 g/mol. The summed E-state index contributed by atoms with van der Waals surface area (Å²) < 4.78 is 24.7. The van der Waals surface area contributed by atoms with Crippen LogP contribution in [0.4, 0.5) is 14.9 Å². The maximum atomic E-state index is 14.1. The summed E-state index contributed by atoms with van der Waals surface area (Å²) in [5.41, 5.74) is 1.59. The fourth-order valence-electron chi connectivity index (χ4n) is 3.68. The third-order valence-electron chi connectivity index (χ3n) is 5.24. The van der Waals surface area contributed by atoms with Gasteiger partial charge in [0, 0.05) is 18.2 Å². The van der Waals surface area contributed by atoms with Gasteiger partial charge in [-0.3, -0.25) is 4.90 Å². The molecule has 0 aromatic heterocycles. The van der Waals surface area contributed by atoms with E-state index in [9.17, 15) is 14.3 Å². The Morgan fingerprint density at radius 3 is 2.57 bits per heavy atom. The van der Waals surface area contributed by atoms with Crippen LogP contribution in [0.1, 0.15) is 12.8 Å². The van der Waals surface area contributed by atoms with Gasteiger partial charge in [-0.2, -0.15) is 0 Å². The lowest BCUT2D eigenvalue weighted by molar-refractivity contribution is 0.198. The summed E-state index contributed by atoms with van der Waals surface area (Å²) >= 11 is 0. The molecule has 2 aromatic rings. The standard InChI is InChI=1S/C21H25FN2O4/c1-23-10-4-5-16(23)13-24(21(25)26)18-8-7-15(22)12-17(18)14-6-9-19(27-2)20(11-14)28-3/h6-9,11-12,16H,4-5,10,13H2,1-3H3,(H,25,26)/t16-/m0/s1. The van der Waals surface area contributed by atoms with E-state index in [-0.39, 0.29) is 6.04 Å². The number of amides is 1. The molecule has 7 heteroatoms. The number of halogens is 1. The molecule has 1 aliphatic rings. The van der Waals surface area contributed by atoms with Crippen molar-refractivity contribution in [3.05, 3.63) is 42.2 Å². The number of likely N-dealkylation sites (N-methyl/N-ethyl adjacent to an activating group) is 1. The van der Waals surface area contributed by atoms with Crippen LogP contribution in [0.25, 0.3) is 11.1 Å². The van der Waals surface area contributed by atoms with Crippen molar-refractivity contribution in [2.24, 2.45) is 0 Å². The zero-order valence-electron chi connectivity index (χ0n) is 16.3. The van der Waals surface area contributed by atoms with Gasteiger partial charge >= 0.3 is 6.09 Å². The largest absolute Gasteiger partial charge is 0.493 e. The van der Waals surface area contributed by atoms with Crippen molar-refractivity contribution in [1.29, 1.82) is 0 Å². The molecule has 1 amide bonds. The van der Waals surface area contributed by atoms with Crippen molar-refractivity contribution in [3.63, 3.8) is 0 Å². The molecule has 0 aliphatic carbocycles. The normalized spacial score (nSPS) is 16.8. The lowest BCUT2D eigenvalue weighted by Crippen LogP contribution is -2.41. The zero-order valence-corrected chi connectivity index (χ0v) is 16.3. The van der Waals surface area contributed by atoms with Gasteiger partial charge in [-0.15, -0.1) is 0 Å². The van der Waals surface area contributed by atoms with Crippen LogP contribution in [0.3, 0.4) is 0 Å². The second kappa shape index (κ2) is 8.48. The molecule has 1 aliphatic heterocycles. The van der Waals surface area contributed by atoms with E-state index in [0.717, 1.165) is 19.4 Å². The maximum Gasteiger partial charge on any atom is 0.411 e. The van der Waals surface area contributed by atoms with Gasteiger partial charge in [-0.25, -0.2) is 9.18 Å². The van der Waals surface area contributed by atoms with Gasteiger partial charge in [-0.1, -0.05) is 6.07 Å². The SMILES string of the molecule is COc1ccc(-c2cc(F)ccc2N(C[C@@H]2CCCN2C)C(=O)O)cc1OC. The van der Waals surface area contributed by atoms with E-state index in [4.69, 9.17) is 9.47 Å². The Labute approximate surface area is 164 Å². The predicted molar refractivity (Wildman–Crippen MR) is 106 cm³/mol. The second-order valence-electron chi connectivity index (χ2n) is 6.90. The monoisotopic (exact) mass is 388 g/mol. The zero-order chi connectivity index (χ0) is 20.3. The summed E-state index contributed by atoms with van der Waals surface area (Å²) in [6, 6.07) is 9.50. The molecule has 0 saturated carbocycles. The van der Waals surface area contributed by atoms with Crippen LogP contribution in [0.5, 0.6) is 11.5 Å². The van der Waals surface area contributed by atoms with Crippen molar-refractivity contribution >= 4 is 11.8 Å². The quantitative estimate of drug-likeness (QED) is 0.808. The number of likely N-dealkylation sites (tertiary alicyclic amines) is 1. The molecule has 150 valence electrons. The number of hydrogen-bond acceptors (Lipinski definition) is 4. The molecule has 0 spiro atoms. The molecule has 3 rings (SSSR count). The van der Waals surface area contributed by atoms with E-state index in [1.165, 1.54) is 37.3 Å². The van der Waals surface area contributed by atoms with Gasteiger partial charge in [0.1, 0.15) is 5.82 Å². The molecule has 28 heavy (non-hydrogen) atoms. The summed E-state index contributed by atoms with van der Waals surface area (Å²) in [4.78, 5) is 15.5. The topological polar surface area (TPSA) is 62.2 Å². The summed E-state index contributed by atoms with van der Waals surface area (Å²) in [6.07, 6.45) is 0.918. The van der Waals surface area contributed by atoms with Crippen molar-refractivity contribution in [2.45, 2.75) is 18.9 Å². The van der Waals surface area contributed by atoms with Gasteiger partial charge in [0.2, 0.25) is 0 Å². The summed E-state index contributed by atoms with van der Waals surface area (Å²) in [6.45, 7) is 1.28. The Morgan fingerprint density at radius 2 is 1.96 bits per heavy atom. The van der Waals surface area contributed by atoms with Gasteiger partial charge in [0.05, 0.1) is 19.9 Å². The highest BCUT2D eigenvalue weighted by atomic mass is 19.1. The van der Waals surface area contributed by atoms with Crippen molar-refractivity contribution in [3.8, 4) is 22.6 Å². The predicted octanol–water partition coefficient (Wildman–Crippen LogP) is 4.09. The average Bonchev–Trinajstić information content (AvgIpc) is 3.10. The number of ether oxygens (including phenoxy) is 2. The summed E-state index contributed by atoms with van der Waals surface area (Å²) in [5, 5.41) is 9.87. The molecular weight excluding hydrogens is 363 g/mol. The van der Waals surface area contributed by atoms with Crippen molar-refractivity contribution < 1.29 is 23.8 Å². The fraction of sp³-hybridized carbons (Fsp3) is 0.381. The Kier molecular flexibility index (Phi) is 6.04. The van der Waals surface area contributed by atoms with Crippen LogP contribution in [0.15, 0.2) is 36.4 Å². The van der Waals surface area contributed by atoms with Crippen LogP contribution >= 0.6 is 0 Å². The van der Waals surface area contributed by atoms with Gasteiger partial charge in [0.25, 0.3) is 0 Å². The molecule has 0 unspecified atom stereocenters. The van der Waals surface area contributed by atoms with E-state index >= 15 is 0 Å². The van der Waals surface area contributed by atoms with E-state index in [2.05, 4.69) is 4.90 Å². The van der Waals surface area contributed by atoms with Crippen LogP contribution in [-0.2, 0) is 0 Å². The molecule has 1 fully saturated rings. The van der Waals surface area contributed by atoms with Gasteiger partial charge in [0.15, 0.2) is 11.5 Å². The molecule has 1 saturated heterocycles. The smallest absolute Gasteiger partial charge is 0.411 e. The van der Waals surface area contributed by atoms with Gasteiger partial charge in [-0.05, 0) is 62.3 Å². The minimum absolute atomic E-state index is 0.138. The van der Waals surface area contributed by atoms with Gasteiger partial charge < -0.3 is 19.5 Å². The molecule has 0 bridgehead atoms.